The van der Waals surface area contributed by atoms with Gasteiger partial charge in [-0.25, -0.2) is 0 Å². The Morgan fingerprint density at radius 2 is 1.57 bits per heavy atom. The molecule has 5 nitrogen and oxygen atoms in total. The van der Waals surface area contributed by atoms with Crippen LogP contribution in [0.1, 0.15) is 64.2 Å². The Bertz CT molecular complexity index is 437. The van der Waals surface area contributed by atoms with E-state index in [1.165, 1.54) is 19.3 Å². The van der Waals surface area contributed by atoms with E-state index < -0.39 is 6.04 Å². The summed E-state index contributed by atoms with van der Waals surface area (Å²) in [4.78, 5) is 38.1. The van der Waals surface area contributed by atoms with Gasteiger partial charge in [0.1, 0.15) is 6.04 Å². The highest BCUT2D eigenvalue weighted by molar-refractivity contribution is 6.07. The Labute approximate surface area is 125 Å². The number of hydrogen-bond donors (Lipinski definition) is 1. The van der Waals surface area contributed by atoms with E-state index in [2.05, 4.69) is 5.32 Å². The molecular weight excluding hydrogens is 268 g/mol. The van der Waals surface area contributed by atoms with Gasteiger partial charge in [-0.2, -0.15) is 0 Å². The molecule has 3 fully saturated rings. The molecule has 2 aliphatic carbocycles. The lowest BCUT2D eigenvalue weighted by Gasteiger charge is -2.31. The fourth-order valence-corrected chi connectivity index (χ4v) is 3.62. The standard InChI is InChI=1S/C16H24N2O3/c19-14-10-13(15(20)17-14)18(12-8-9-12)16(21)11-6-4-2-1-3-5-7-11/h11-13H,1-10H2,(H,17,19,20)/t13-/m1/s1. The molecule has 1 atom stereocenters. The second-order valence-electron chi connectivity index (χ2n) is 6.65. The molecule has 3 rings (SSSR count). The van der Waals surface area contributed by atoms with Crippen molar-refractivity contribution < 1.29 is 14.4 Å². The summed E-state index contributed by atoms with van der Waals surface area (Å²) in [5, 5.41) is 2.34. The summed E-state index contributed by atoms with van der Waals surface area (Å²) < 4.78 is 0. The summed E-state index contributed by atoms with van der Waals surface area (Å²) in [6.45, 7) is 0. The highest BCUT2D eigenvalue weighted by Gasteiger charge is 2.45. The molecule has 3 amide bonds. The van der Waals surface area contributed by atoms with Gasteiger partial charge in [0, 0.05) is 12.0 Å². The van der Waals surface area contributed by atoms with Crippen LogP contribution in [0.4, 0.5) is 0 Å². The maximum absolute atomic E-state index is 12.9. The van der Waals surface area contributed by atoms with Gasteiger partial charge < -0.3 is 4.90 Å². The second kappa shape index (κ2) is 6.16. The number of carbonyl (C=O) groups is 3. The van der Waals surface area contributed by atoms with Crippen LogP contribution >= 0.6 is 0 Å². The first kappa shape index (κ1) is 14.5. The van der Waals surface area contributed by atoms with Gasteiger partial charge >= 0.3 is 0 Å². The first-order valence-corrected chi connectivity index (χ1v) is 8.32. The van der Waals surface area contributed by atoms with Crippen molar-refractivity contribution in [2.75, 3.05) is 0 Å². The van der Waals surface area contributed by atoms with Gasteiger partial charge in [0.05, 0.1) is 6.42 Å². The van der Waals surface area contributed by atoms with E-state index >= 15 is 0 Å². The summed E-state index contributed by atoms with van der Waals surface area (Å²) in [5.74, 6) is -0.365. The summed E-state index contributed by atoms with van der Waals surface area (Å²) in [6.07, 6.45) is 9.84. The maximum Gasteiger partial charge on any atom is 0.249 e. The molecule has 1 aliphatic heterocycles. The molecule has 116 valence electrons. The van der Waals surface area contributed by atoms with Gasteiger partial charge in [-0.3, -0.25) is 19.7 Å². The predicted octanol–water partition coefficient (Wildman–Crippen LogP) is 1.75. The molecule has 1 heterocycles. The number of imide groups is 1. The van der Waals surface area contributed by atoms with Gasteiger partial charge in [0.15, 0.2) is 0 Å². The van der Waals surface area contributed by atoms with Crippen LogP contribution in [0.5, 0.6) is 0 Å². The van der Waals surface area contributed by atoms with Crippen LogP contribution in [-0.2, 0) is 14.4 Å². The Morgan fingerprint density at radius 3 is 2.10 bits per heavy atom. The lowest BCUT2D eigenvalue weighted by Crippen LogP contribution is -2.48. The van der Waals surface area contributed by atoms with E-state index in [0.717, 1.165) is 38.5 Å². The van der Waals surface area contributed by atoms with E-state index in [-0.39, 0.29) is 36.1 Å². The van der Waals surface area contributed by atoms with E-state index in [9.17, 15) is 14.4 Å². The number of nitrogens with zero attached hydrogens (tertiary/aromatic N) is 1. The smallest absolute Gasteiger partial charge is 0.249 e. The van der Waals surface area contributed by atoms with Crippen LogP contribution in [-0.4, -0.2) is 34.7 Å². The van der Waals surface area contributed by atoms with Crippen LogP contribution in [0.3, 0.4) is 0 Å². The van der Waals surface area contributed by atoms with Crippen molar-refractivity contribution in [3.8, 4) is 0 Å². The molecule has 3 aliphatic rings. The molecule has 0 radical (unpaired) electrons. The Balaban J connectivity index is 1.72. The van der Waals surface area contributed by atoms with E-state index in [1.54, 1.807) is 4.90 Å². The molecule has 0 aromatic heterocycles. The largest absolute Gasteiger partial charge is 0.327 e. The molecule has 0 aromatic carbocycles. The summed E-state index contributed by atoms with van der Waals surface area (Å²) in [7, 11) is 0. The third kappa shape index (κ3) is 3.27. The third-order valence-electron chi connectivity index (χ3n) is 4.93. The van der Waals surface area contributed by atoms with Gasteiger partial charge in [0.2, 0.25) is 17.7 Å². The van der Waals surface area contributed by atoms with E-state index in [0.29, 0.717) is 0 Å². The first-order valence-electron chi connectivity index (χ1n) is 8.32. The van der Waals surface area contributed by atoms with Gasteiger partial charge in [-0.1, -0.05) is 32.1 Å². The number of nitrogens with one attached hydrogen (secondary N) is 1. The van der Waals surface area contributed by atoms with Crippen LogP contribution in [0.15, 0.2) is 0 Å². The summed E-state index contributed by atoms with van der Waals surface area (Å²) >= 11 is 0. The van der Waals surface area contributed by atoms with Gasteiger partial charge in [0.25, 0.3) is 0 Å². The average Bonchev–Trinajstić information content (AvgIpc) is 3.16. The van der Waals surface area contributed by atoms with Crippen LogP contribution < -0.4 is 5.32 Å². The Hall–Kier alpha value is -1.39. The second-order valence-corrected chi connectivity index (χ2v) is 6.65. The lowest BCUT2D eigenvalue weighted by atomic mass is 9.89. The number of amides is 3. The summed E-state index contributed by atoms with van der Waals surface area (Å²) in [6, 6.07) is -0.368. The third-order valence-corrected chi connectivity index (χ3v) is 4.93. The van der Waals surface area contributed by atoms with Crippen molar-refractivity contribution in [1.82, 2.24) is 10.2 Å². The number of hydrogen-bond acceptors (Lipinski definition) is 3. The molecule has 21 heavy (non-hydrogen) atoms. The zero-order valence-corrected chi connectivity index (χ0v) is 12.5. The minimum atomic E-state index is -0.553. The monoisotopic (exact) mass is 292 g/mol. The summed E-state index contributed by atoms with van der Waals surface area (Å²) in [5.41, 5.74) is 0. The van der Waals surface area contributed by atoms with Crippen molar-refractivity contribution >= 4 is 17.7 Å². The van der Waals surface area contributed by atoms with Crippen LogP contribution in [0.25, 0.3) is 0 Å². The molecule has 0 spiro atoms. The van der Waals surface area contributed by atoms with Crippen molar-refractivity contribution in [3.63, 3.8) is 0 Å². The van der Waals surface area contributed by atoms with Crippen molar-refractivity contribution in [2.24, 2.45) is 5.92 Å². The Morgan fingerprint density at radius 1 is 0.952 bits per heavy atom. The van der Waals surface area contributed by atoms with Crippen molar-refractivity contribution in [2.45, 2.75) is 76.3 Å². The Kier molecular flexibility index (Phi) is 4.27. The highest BCUT2D eigenvalue weighted by atomic mass is 16.2. The topological polar surface area (TPSA) is 66.5 Å². The maximum atomic E-state index is 12.9. The van der Waals surface area contributed by atoms with Gasteiger partial charge in [-0.15, -0.1) is 0 Å². The molecular formula is C16H24N2O3. The molecule has 0 bridgehead atoms. The van der Waals surface area contributed by atoms with E-state index in [1.807, 2.05) is 0 Å². The SMILES string of the molecule is O=C1C[C@@H](N(C(=O)C2CCCCCCC2)C2CC2)C(=O)N1. The molecule has 0 unspecified atom stereocenters. The molecule has 5 heteroatoms. The van der Waals surface area contributed by atoms with Crippen LogP contribution in [0.2, 0.25) is 0 Å². The van der Waals surface area contributed by atoms with Gasteiger partial charge in [-0.05, 0) is 25.7 Å². The zero-order chi connectivity index (χ0) is 14.8. The number of carbonyl (C=O) groups excluding carboxylic acids is 3. The first-order chi connectivity index (χ1) is 10.2. The zero-order valence-electron chi connectivity index (χ0n) is 12.5. The quantitative estimate of drug-likeness (QED) is 0.806. The normalized spacial score (nSPS) is 27.9. The minimum Gasteiger partial charge on any atom is -0.327 e. The molecule has 1 saturated heterocycles. The highest BCUT2D eigenvalue weighted by Crippen LogP contribution is 2.34. The molecule has 1 N–H and O–H groups in total. The van der Waals surface area contributed by atoms with Crippen molar-refractivity contribution in [1.29, 1.82) is 0 Å². The molecule has 2 saturated carbocycles. The van der Waals surface area contributed by atoms with Crippen LogP contribution in [0, 0.1) is 5.92 Å². The van der Waals surface area contributed by atoms with Crippen molar-refractivity contribution in [3.05, 3.63) is 0 Å². The number of rotatable bonds is 3. The lowest BCUT2D eigenvalue weighted by molar-refractivity contribution is -0.143. The van der Waals surface area contributed by atoms with E-state index in [4.69, 9.17) is 0 Å². The predicted molar refractivity (Wildman–Crippen MR) is 77.2 cm³/mol. The molecule has 0 aromatic rings. The fourth-order valence-electron chi connectivity index (χ4n) is 3.62. The fraction of sp³-hybridized carbons (Fsp3) is 0.812. The average molecular weight is 292 g/mol. The minimum absolute atomic E-state index is 0.0504.